The standard InChI is InChI=1S/C13H26N2/c1-12-7-5-9-15(11-12)10-6-8-14-13(2,3)4/h7,14H,5-6,8-11H2,1-4H3. The highest BCUT2D eigenvalue weighted by Crippen LogP contribution is 2.08. The van der Waals surface area contributed by atoms with Gasteiger partial charge in [0.2, 0.25) is 0 Å². The number of hydrogen-bond donors (Lipinski definition) is 1. The maximum atomic E-state index is 3.53. The summed E-state index contributed by atoms with van der Waals surface area (Å²) >= 11 is 0. The maximum Gasteiger partial charge on any atom is 0.0190 e. The number of rotatable bonds is 4. The first-order valence-corrected chi connectivity index (χ1v) is 6.10. The molecule has 1 aliphatic heterocycles. The zero-order valence-corrected chi connectivity index (χ0v) is 10.8. The Bertz CT molecular complexity index is 213. The molecule has 0 saturated carbocycles. The molecular weight excluding hydrogens is 184 g/mol. The molecule has 0 unspecified atom stereocenters. The second-order valence-electron chi connectivity index (χ2n) is 5.65. The van der Waals surface area contributed by atoms with Crippen molar-refractivity contribution in [2.75, 3.05) is 26.2 Å². The van der Waals surface area contributed by atoms with E-state index in [1.165, 1.54) is 38.0 Å². The van der Waals surface area contributed by atoms with Crippen molar-refractivity contribution < 1.29 is 0 Å². The van der Waals surface area contributed by atoms with Gasteiger partial charge in [-0.05, 0) is 53.6 Å². The predicted molar refractivity (Wildman–Crippen MR) is 67.2 cm³/mol. The molecule has 1 heterocycles. The Labute approximate surface area is 94.7 Å². The molecule has 2 heteroatoms. The van der Waals surface area contributed by atoms with Crippen LogP contribution in [0.5, 0.6) is 0 Å². The fourth-order valence-corrected chi connectivity index (χ4v) is 1.95. The Morgan fingerprint density at radius 3 is 2.73 bits per heavy atom. The van der Waals surface area contributed by atoms with Gasteiger partial charge in [0.1, 0.15) is 0 Å². The molecule has 88 valence electrons. The van der Waals surface area contributed by atoms with Gasteiger partial charge in [0.15, 0.2) is 0 Å². The van der Waals surface area contributed by atoms with Crippen LogP contribution in [0.25, 0.3) is 0 Å². The molecule has 1 N–H and O–H groups in total. The van der Waals surface area contributed by atoms with Crippen molar-refractivity contribution in [2.24, 2.45) is 0 Å². The smallest absolute Gasteiger partial charge is 0.0190 e. The van der Waals surface area contributed by atoms with E-state index in [4.69, 9.17) is 0 Å². The monoisotopic (exact) mass is 210 g/mol. The fraction of sp³-hybridized carbons (Fsp3) is 0.846. The molecule has 0 atom stereocenters. The zero-order valence-electron chi connectivity index (χ0n) is 10.8. The largest absolute Gasteiger partial charge is 0.312 e. The van der Waals surface area contributed by atoms with E-state index >= 15 is 0 Å². The zero-order chi connectivity index (χ0) is 11.3. The maximum absolute atomic E-state index is 3.53. The van der Waals surface area contributed by atoms with Gasteiger partial charge in [-0.1, -0.05) is 11.6 Å². The molecule has 0 spiro atoms. The first-order valence-electron chi connectivity index (χ1n) is 6.10. The Morgan fingerprint density at radius 2 is 2.13 bits per heavy atom. The molecule has 2 nitrogen and oxygen atoms in total. The summed E-state index contributed by atoms with van der Waals surface area (Å²) in [5, 5.41) is 3.53. The number of nitrogens with zero attached hydrogens (tertiary/aromatic N) is 1. The van der Waals surface area contributed by atoms with Crippen LogP contribution >= 0.6 is 0 Å². The van der Waals surface area contributed by atoms with E-state index < -0.39 is 0 Å². The normalized spacial score (nSPS) is 19.1. The first-order chi connectivity index (χ1) is 6.97. The molecule has 0 saturated heterocycles. The molecule has 0 aromatic rings. The van der Waals surface area contributed by atoms with Crippen molar-refractivity contribution in [1.29, 1.82) is 0 Å². The van der Waals surface area contributed by atoms with E-state index in [1.807, 2.05) is 0 Å². The van der Waals surface area contributed by atoms with Crippen molar-refractivity contribution in [3.05, 3.63) is 11.6 Å². The summed E-state index contributed by atoms with van der Waals surface area (Å²) in [5.74, 6) is 0. The van der Waals surface area contributed by atoms with Gasteiger partial charge in [-0.15, -0.1) is 0 Å². The average Bonchev–Trinajstić information content (AvgIpc) is 2.11. The minimum atomic E-state index is 0.262. The second kappa shape index (κ2) is 5.66. The molecule has 0 aromatic carbocycles. The number of nitrogens with one attached hydrogen (secondary N) is 1. The quantitative estimate of drug-likeness (QED) is 0.566. The molecule has 0 aromatic heterocycles. The van der Waals surface area contributed by atoms with Crippen molar-refractivity contribution in [2.45, 2.75) is 46.1 Å². The van der Waals surface area contributed by atoms with Gasteiger partial charge in [0, 0.05) is 18.6 Å². The summed E-state index contributed by atoms with van der Waals surface area (Å²) in [7, 11) is 0. The number of hydrogen-bond acceptors (Lipinski definition) is 2. The van der Waals surface area contributed by atoms with Gasteiger partial charge in [0.25, 0.3) is 0 Å². The van der Waals surface area contributed by atoms with Crippen molar-refractivity contribution >= 4 is 0 Å². The van der Waals surface area contributed by atoms with Crippen LogP contribution in [0.4, 0.5) is 0 Å². The summed E-state index contributed by atoms with van der Waals surface area (Å²) in [5.41, 5.74) is 1.79. The summed E-state index contributed by atoms with van der Waals surface area (Å²) < 4.78 is 0. The van der Waals surface area contributed by atoms with E-state index in [0.717, 1.165) is 6.54 Å². The topological polar surface area (TPSA) is 15.3 Å². The van der Waals surface area contributed by atoms with E-state index in [-0.39, 0.29) is 5.54 Å². The van der Waals surface area contributed by atoms with Crippen LogP contribution in [-0.2, 0) is 0 Å². The lowest BCUT2D eigenvalue weighted by molar-refractivity contribution is 0.279. The molecular formula is C13H26N2. The predicted octanol–water partition coefficient (Wildman–Crippen LogP) is 2.42. The molecule has 15 heavy (non-hydrogen) atoms. The van der Waals surface area contributed by atoms with E-state index in [1.54, 1.807) is 0 Å². The van der Waals surface area contributed by atoms with Crippen LogP contribution in [0.3, 0.4) is 0 Å². The summed E-state index contributed by atoms with van der Waals surface area (Å²) in [6, 6.07) is 0. The molecule has 1 aliphatic rings. The third kappa shape index (κ3) is 5.95. The van der Waals surface area contributed by atoms with Crippen LogP contribution in [0.1, 0.15) is 40.5 Å². The van der Waals surface area contributed by atoms with Crippen LogP contribution in [0, 0.1) is 0 Å². The second-order valence-corrected chi connectivity index (χ2v) is 5.65. The summed E-state index contributed by atoms with van der Waals surface area (Å²) in [6.45, 7) is 13.7. The van der Waals surface area contributed by atoms with Crippen LogP contribution in [-0.4, -0.2) is 36.6 Å². The average molecular weight is 210 g/mol. The van der Waals surface area contributed by atoms with Crippen LogP contribution in [0.15, 0.2) is 11.6 Å². The molecule has 0 aliphatic carbocycles. The lowest BCUT2D eigenvalue weighted by Crippen LogP contribution is -2.38. The third-order valence-corrected chi connectivity index (χ3v) is 2.72. The highest BCUT2D eigenvalue weighted by atomic mass is 15.1. The highest BCUT2D eigenvalue weighted by Gasteiger charge is 2.10. The summed E-state index contributed by atoms with van der Waals surface area (Å²) in [4.78, 5) is 2.56. The highest BCUT2D eigenvalue weighted by molar-refractivity contribution is 5.04. The minimum Gasteiger partial charge on any atom is -0.312 e. The lowest BCUT2D eigenvalue weighted by Gasteiger charge is -2.27. The Kier molecular flexibility index (Phi) is 4.81. The molecule has 1 rings (SSSR count). The Hall–Kier alpha value is -0.340. The Morgan fingerprint density at radius 1 is 1.40 bits per heavy atom. The molecule has 0 amide bonds. The van der Waals surface area contributed by atoms with Crippen molar-refractivity contribution in [3.63, 3.8) is 0 Å². The van der Waals surface area contributed by atoms with Gasteiger partial charge in [-0.25, -0.2) is 0 Å². The van der Waals surface area contributed by atoms with E-state index in [0.29, 0.717) is 0 Å². The van der Waals surface area contributed by atoms with Gasteiger partial charge in [-0.2, -0.15) is 0 Å². The SMILES string of the molecule is CC1=CCCN(CCCNC(C)(C)C)C1. The van der Waals surface area contributed by atoms with Crippen LogP contribution in [0.2, 0.25) is 0 Å². The summed E-state index contributed by atoms with van der Waals surface area (Å²) in [6.07, 6.45) is 4.85. The fourth-order valence-electron chi connectivity index (χ4n) is 1.95. The van der Waals surface area contributed by atoms with Crippen molar-refractivity contribution in [3.8, 4) is 0 Å². The van der Waals surface area contributed by atoms with E-state index in [2.05, 4.69) is 44.0 Å². The molecule has 0 bridgehead atoms. The van der Waals surface area contributed by atoms with E-state index in [9.17, 15) is 0 Å². The third-order valence-electron chi connectivity index (χ3n) is 2.72. The van der Waals surface area contributed by atoms with Crippen molar-refractivity contribution in [1.82, 2.24) is 10.2 Å². The van der Waals surface area contributed by atoms with Gasteiger partial charge in [-0.3, -0.25) is 4.90 Å². The van der Waals surface area contributed by atoms with Gasteiger partial charge in [0.05, 0.1) is 0 Å². The molecule has 0 fully saturated rings. The minimum absolute atomic E-state index is 0.262. The van der Waals surface area contributed by atoms with Crippen LogP contribution < -0.4 is 5.32 Å². The van der Waals surface area contributed by atoms with Gasteiger partial charge < -0.3 is 5.32 Å². The lowest BCUT2D eigenvalue weighted by atomic mass is 10.1. The molecule has 0 radical (unpaired) electrons. The van der Waals surface area contributed by atoms with Gasteiger partial charge >= 0.3 is 0 Å². The Balaban J connectivity index is 2.08. The first kappa shape index (κ1) is 12.7.